The summed E-state index contributed by atoms with van der Waals surface area (Å²) in [6.07, 6.45) is 0.995. The number of ether oxygens (including phenoxy) is 3. The van der Waals surface area contributed by atoms with Crippen molar-refractivity contribution >= 4 is 0 Å². The lowest BCUT2D eigenvalue weighted by atomic mass is 10.1. The summed E-state index contributed by atoms with van der Waals surface area (Å²) in [6.45, 7) is 2.29. The first kappa shape index (κ1) is 13.8. The number of para-hydroxylation sites is 1. The Morgan fingerprint density at radius 3 is 2.86 bits per heavy atom. The number of hydrogen-bond acceptors (Lipinski definition) is 3. The molecule has 0 unspecified atom stereocenters. The van der Waals surface area contributed by atoms with Crippen LogP contribution in [0.15, 0.2) is 42.5 Å². The van der Waals surface area contributed by atoms with Gasteiger partial charge in [0.2, 0.25) is 6.79 Å². The van der Waals surface area contributed by atoms with Gasteiger partial charge in [0.1, 0.15) is 12.3 Å². The van der Waals surface area contributed by atoms with E-state index in [-0.39, 0.29) is 0 Å². The van der Waals surface area contributed by atoms with Gasteiger partial charge in [-0.15, -0.1) is 0 Å². The third-order valence-corrected chi connectivity index (χ3v) is 3.63. The molecule has 0 saturated carbocycles. The fraction of sp³-hybridized carbons (Fsp3) is 0.294. The van der Waals surface area contributed by atoms with E-state index >= 15 is 0 Å². The van der Waals surface area contributed by atoms with Crippen LogP contribution in [0.25, 0.3) is 0 Å². The van der Waals surface area contributed by atoms with Crippen LogP contribution in [-0.2, 0) is 13.0 Å². The van der Waals surface area contributed by atoms with Crippen molar-refractivity contribution < 1.29 is 19.5 Å². The molecule has 4 heteroatoms. The first-order valence-electron chi connectivity index (χ1n) is 7.19. The largest absolute Gasteiger partial charge is 0.496 e. The van der Waals surface area contributed by atoms with E-state index in [1.165, 1.54) is 11.1 Å². The van der Waals surface area contributed by atoms with Crippen LogP contribution in [-0.4, -0.2) is 20.4 Å². The molecule has 0 bridgehead atoms. The van der Waals surface area contributed by atoms with Crippen molar-refractivity contribution in [3.8, 4) is 17.2 Å². The lowest BCUT2D eigenvalue weighted by Crippen LogP contribution is -2.83. The van der Waals surface area contributed by atoms with Gasteiger partial charge in [-0.05, 0) is 29.8 Å². The molecule has 0 aliphatic carbocycles. The molecule has 1 aliphatic heterocycles. The number of rotatable bonds is 6. The fourth-order valence-electron chi connectivity index (χ4n) is 2.50. The van der Waals surface area contributed by atoms with Crippen LogP contribution in [0.5, 0.6) is 17.2 Å². The Bertz CT molecular complexity index is 613. The Morgan fingerprint density at radius 1 is 1.10 bits per heavy atom. The SMILES string of the molecule is COc1ccccc1CC[NH2+]Cc1ccc2c(c1)OCO2. The number of fused-ring (bicyclic) bond motifs is 1. The zero-order valence-electron chi connectivity index (χ0n) is 12.2. The van der Waals surface area contributed by atoms with Gasteiger partial charge in [0.25, 0.3) is 0 Å². The molecule has 0 radical (unpaired) electrons. The summed E-state index contributed by atoms with van der Waals surface area (Å²) in [5.74, 6) is 2.66. The van der Waals surface area contributed by atoms with Crippen LogP contribution < -0.4 is 19.5 Å². The topological polar surface area (TPSA) is 44.3 Å². The van der Waals surface area contributed by atoms with Gasteiger partial charge in [-0.25, -0.2) is 0 Å². The van der Waals surface area contributed by atoms with Crippen LogP contribution in [0.2, 0.25) is 0 Å². The molecule has 0 fully saturated rings. The van der Waals surface area contributed by atoms with Gasteiger partial charge in [0.15, 0.2) is 11.5 Å². The lowest BCUT2D eigenvalue weighted by molar-refractivity contribution is -0.670. The zero-order valence-corrected chi connectivity index (χ0v) is 12.2. The Hall–Kier alpha value is -2.20. The molecule has 0 saturated heterocycles. The molecular formula is C17H20NO3+. The van der Waals surface area contributed by atoms with E-state index in [1.807, 2.05) is 18.2 Å². The Balaban J connectivity index is 1.50. The highest BCUT2D eigenvalue weighted by atomic mass is 16.7. The highest BCUT2D eigenvalue weighted by Crippen LogP contribution is 2.32. The van der Waals surface area contributed by atoms with Crippen LogP contribution in [0.4, 0.5) is 0 Å². The summed E-state index contributed by atoms with van der Waals surface area (Å²) in [6, 6.07) is 14.3. The van der Waals surface area contributed by atoms with Crippen LogP contribution in [0, 0.1) is 0 Å². The molecule has 3 rings (SSSR count). The van der Waals surface area contributed by atoms with Gasteiger partial charge in [0, 0.05) is 12.0 Å². The van der Waals surface area contributed by atoms with Crippen LogP contribution in [0.3, 0.4) is 0 Å². The van der Waals surface area contributed by atoms with Crippen LogP contribution in [0.1, 0.15) is 11.1 Å². The molecule has 110 valence electrons. The Kier molecular flexibility index (Phi) is 4.26. The maximum atomic E-state index is 5.39. The second kappa shape index (κ2) is 6.50. The average Bonchev–Trinajstić information content (AvgIpc) is 2.99. The third-order valence-electron chi connectivity index (χ3n) is 3.63. The van der Waals surface area contributed by atoms with E-state index < -0.39 is 0 Å². The quantitative estimate of drug-likeness (QED) is 0.823. The van der Waals surface area contributed by atoms with Gasteiger partial charge in [-0.1, -0.05) is 18.2 Å². The minimum Gasteiger partial charge on any atom is -0.496 e. The van der Waals surface area contributed by atoms with Crippen LogP contribution >= 0.6 is 0 Å². The molecule has 21 heavy (non-hydrogen) atoms. The van der Waals surface area contributed by atoms with E-state index in [2.05, 4.69) is 29.6 Å². The van der Waals surface area contributed by atoms with E-state index in [1.54, 1.807) is 7.11 Å². The summed E-state index contributed by atoms with van der Waals surface area (Å²) in [4.78, 5) is 0. The molecule has 0 atom stereocenters. The molecule has 0 aromatic heterocycles. The maximum absolute atomic E-state index is 5.39. The van der Waals surface area contributed by atoms with Gasteiger partial charge in [-0.2, -0.15) is 0 Å². The predicted octanol–water partition coefficient (Wildman–Crippen LogP) is 1.73. The maximum Gasteiger partial charge on any atom is 0.231 e. The summed E-state index contributed by atoms with van der Waals surface area (Å²) in [7, 11) is 1.72. The van der Waals surface area contributed by atoms with Crippen molar-refractivity contribution in [3.63, 3.8) is 0 Å². The molecule has 0 spiro atoms. The zero-order chi connectivity index (χ0) is 14.5. The number of methoxy groups -OCH3 is 1. The number of quaternary nitrogens is 1. The normalized spacial score (nSPS) is 12.4. The first-order valence-corrected chi connectivity index (χ1v) is 7.19. The number of benzene rings is 2. The summed E-state index contributed by atoms with van der Waals surface area (Å²) in [5.41, 5.74) is 2.50. The van der Waals surface area contributed by atoms with Gasteiger partial charge < -0.3 is 19.5 Å². The molecule has 2 N–H and O–H groups in total. The third kappa shape index (κ3) is 3.28. The highest BCUT2D eigenvalue weighted by molar-refractivity contribution is 5.44. The molecular weight excluding hydrogens is 266 g/mol. The first-order chi connectivity index (χ1) is 10.4. The molecule has 2 aromatic carbocycles. The van der Waals surface area contributed by atoms with Gasteiger partial charge in [0.05, 0.1) is 13.7 Å². The average molecular weight is 286 g/mol. The monoisotopic (exact) mass is 286 g/mol. The second-order valence-corrected chi connectivity index (χ2v) is 5.03. The van der Waals surface area contributed by atoms with Gasteiger partial charge >= 0.3 is 0 Å². The summed E-state index contributed by atoms with van der Waals surface area (Å²) < 4.78 is 16.1. The van der Waals surface area contributed by atoms with E-state index in [0.29, 0.717) is 6.79 Å². The Labute approximate surface area is 124 Å². The van der Waals surface area contributed by atoms with Crippen molar-refractivity contribution in [1.29, 1.82) is 0 Å². The van der Waals surface area contributed by atoms with Crippen molar-refractivity contribution in [2.24, 2.45) is 0 Å². The van der Waals surface area contributed by atoms with Crippen molar-refractivity contribution in [3.05, 3.63) is 53.6 Å². The van der Waals surface area contributed by atoms with E-state index in [0.717, 1.165) is 36.8 Å². The van der Waals surface area contributed by atoms with E-state index in [9.17, 15) is 0 Å². The standard InChI is InChI=1S/C17H19NO3/c1-19-15-5-3-2-4-14(15)8-9-18-11-13-6-7-16-17(10-13)21-12-20-16/h2-7,10,18H,8-9,11-12H2,1H3/p+1. The van der Waals surface area contributed by atoms with E-state index in [4.69, 9.17) is 14.2 Å². The predicted molar refractivity (Wildman–Crippen MR) is 79.8 cm³/mol. The molecule has 1 aliphatic rings. The Morgan fingerprint density at radius 2 is 1.95 bits per heavy atom. The molecule has 4 nitrogen and oxygen atoms in total. The van der Waals surface area contributed by atoms with Crippen molar-refractivity contribution in [2.75, 3.05) is 20.4 Å². The molecule has 2 aromatic rings. The molecule has 1 heterocycles. The summed E-state index contributed by atoms with van der Waals surface area (Å²) in [5, 5.41) is 2.30. The fourth-order valence-corrected chi connectivity index (χ4v) is 2.50. The smallest absolute Gasteiger partial charge is 0.231 e. The summed E-state index contributed by atoms with van der Waals surface area (Å²) >= 11 is 0. The second-order valence-electron chi connectivity index (χ2n) is 5.03. The van der Waals surface area contributed by atoms with Gasteiger partial charge in [-0.3, -0.25) is 0 Å². The van der Waals surface area contributed by atoms with Crippen molar-refractivity contribution in [2.45, 2.75) is 13.0 Å². The number of nitrogens with two attached hydrogens (primary N) is 1. The lowest BCUT2D eigenvalue weighted by Gasteiger charge is -2.07. The number of hydrogen-bond donors (Lipinski definition) is 1. The minimum absolute atomic E-state index is 0.330. The van der Waals surface area contributed by atoms with Crippen molar-refractivity contribution in [1.82, 2.24) is 0 Å². The highest BCUT2D eigenvalue weighted by Gasteiger charge is 2.13. The minimum atomic E-state index is 0.330. The molecule has 0 amide bonds.